The smallest absolute Gasteiger partial charge is 0.156 e. The lowest BCUT2D eigenvalue weighted by molar-refractivity contribution is 0.819. The Hall–Kier alpha value is -1.39. The highest BCUT2D eigenvalue weighted by molar-refractivity contribution is 6.31. The average Bonchev–Trinajstić information content (AvgIpc) is 2.59. The van der Waals surface area contributed by atoms with Gasteiger partial charge in [-0.05, 0) is 37.9 Å². The summed E-state index contributed by atoms with van der Waals surface area (Å²) in [6.45, 7) is 4.51. The Kier molecular flexibility index (Phi) is 3.45. The molecule has 0 spiro atoms. The molecule has 0 unspecified atom stereocenters. The second kappa shape index (κ2) is 4.85. The maximum atomic E-state index is 5.98. The van der Waals surface area contributed by atoms with E-state index in [0.717, 1.165) is 29.1 Å². The Morgan fingerprint density at radius 3 is 2.71 bits per heavy atom. The number of aryl methyl sites for hydroxylation is 2. The van der Waals surface area contributed by atoms with Gasteiger partial charge in [-0.3, -0.25) is 0 Å². The fourth-order valence-electron chi connectivity index (χ4n) is 1.72. The molecule has 2 aromatic rings. The minimum Gasteiger partial charge on any atom is -0.330 e. The third-order valence-electron chi connectivity index (χ3n) is 2.60. The fourth-order valence-corrected chi connectivity index (χ4v) is 1.85. The molecule has 0 saturated heterocycles. The number of aromatic nitrogens is 3. The molecule has 0 bridgehead atoms. The van der Waals surface area contributed by atoms with E-state index in [1.54, 1.807) is 10.9 Å². The standard InChI is InChI=1S/C12H15ClN4/c1-8-5-10(3-4-14)6-15-12(8)17-7-11(13)9(2)16-17/h5-7H,3-4,14H2,1-2H3. The van der Waals surface area contributed by atoms with Crippen molar-refractivity contribution >= 4 is 11.6 Å². The molecule has 4 nitrogen and oxygen atoms in total. The first kappa shape index (κ1) is 12.1. The molecule has 0 radical (unpaired) electrons. The van der Waals surface area contributed by atoms with Crippen LogP contribution in [-0.4, -0.2) is 21.3 Å². The van der Waals surface area contributed by atoms with Gasteiger partial charge >= 0.3 is 0 Å². The summed E-state index contributed by atoms with van der Waals surface area (Å²) in [4.78, 5) is 4.41. The van der Waals surface area contributed by atoms with E-state index in [0.29, 0.717) is 11.6 Å². The van der Waals surface area contributed by atoms with Crippen LogP contribution in [0.5, 0.6) is 0 Å². The highest BCUT2D eigenvalue weighted by Crippen LogP contribution is 2.18. The Bertz CT molecular complexity index is 514. The predicted octanol–water partition coefficient (Wildman–Crippen LogP) is 2.04. The monoisotopic (exact) mass is 250 g/mol. The summed E-state index contributed by atoms with van der Waals surface area (Å²) in [5, 5.41) is 4.96. The molecule has 2 rings (SSSR count). The number of pyridine rings is 1. The molecule has 0 fully saturated rings. The van der Waals surface area contributed by atoms with E-state index < -0.39 is 0 Å². The third kappa shape index (κ3) is 2.48. The molecule has 0 aliphatic carbocycles. The first-order valence-electron chi connectivity index (χ1n) is 5.49. The van der Waals surface area contributed by atoms with Crippen LogP contribution >= 0.6 is 11.6 Å². The van der Waals surface area contributed by atoms with Crippen molar-refractivity contribution in [3.63, 3.8) is 0 Å². The summed E-state index contributed by atoms with van der Waals surface area (Å²) < 4.78 is 1.71. The Morgan fingerprint density at radius 1 is 1.41 bits per heavy atom. The molecule has 2 N–H and O–H groups in total. The summed E-state index contributed by atoms with van der Waals surface area (Å²) in [7, 11) is 0. The maximum Gasteiger partial charge on any atom is 0.156 e. The zero-order valence-electron chi connectivity index (χ0n) is 9.94. The van der Waals surface area contributed by atoms with Gasteiger partial charge in [0.2, 0.25) is 0 Å². The minimum atomic E-state index is 0.632. The topological polar surface area (TPSA) is 56.7 Å². The predicted molar refractivity (Wildman–Crippen MR) is 68.6 cm³/mol. The van der Waals surface area contributed by atoms with Crippen LogP contribution < -0.4 is 5.73 Å². The van der Waals surface area contributed by atoms with E-state index >= 15 is 0 Å². The summed E-state index contributed by atoms with van der Waals surface area (Å²) in [6.07, 6.45) is 4.45. The molecule has 0 amide bonds. The first-order valence-corrected chi connectivity index (χ1v) is 5.87. The summed E-state index contributed by atoms with van der Waals surface area (Å²) in [5.74, 6) is 0.806. The summed E-state index contributed by atoms with van der Waals surface area (Å²) in [5.41, 5.74) is 8.53. The van der Waals surface area contributed by atoms with E-state index in [-0.39, 0.29) is 0 Å². The van der Waals surface area contributed by atoms with Crippen molar-refractivity contribution in [2.45, 2.75) is 20.3 Å². The van der Waals surface area contributed by atoms with Crippen LogP contribution in [0.3, 0.4) is 0 Å². The molecular weight excluding hydrogens is 236 g/mol. The molecule has 90 valence electrons. The van der Waals surface area contributed by atoms with Gasteiger partial charge in [0.05, 0.1) is 16.9 Å². The van der Waals surface area contributed by atoms with Gasteiger partial charge in [0, 0.05) is 6.20 Å². The number of nitrogens with two attached hydrogens (primary N) is 1. The maximum absolute atomic E-state index is 5.98. The van der Waals surface area contributed by atoms with Crippen LogP contribution in [-0.2, 0) is 6.42 Å². The molecule has 0 aromatic carbocycles. The molecule has 17 heavy (non-hydrogen) atoms. The van der Waals surface area contributed by atoms with Crippen LogP contribution in [0, 0.1) is 13.8 Å². The van der Waals surface area contributed by atoms with Crippen LogP contribution in [0.4, 0.5) is 0 Å². The number of halogens is 1. The van der Waals surface area contributed by atoms with Gasteiger partial charge in [-0.15, -0.1) is 0 Å². The van der Waals surface area contributed by atoms with E-state index in [4.69, 9.17) is 17.3 Å². The zero-order chi connectivity index (χ0) is 12.4. The number of rotatable bonds is 3. The van der Waals surface area contributed by atoms with Crippen LogP contribution in [0.2, 0.25) is 5.02 Å². The quantitative estimate of drug-likeness (QED) is 0.907. The van der Waals surface area contributed by atoms with Crippen molar-refractivity contribution < 1.29 is 0 Å². The van der Waals surface area contributed by atoms with Gasteiger partial charge in [0.25, 0.3) is 0 Å². The van der Waals surface area contributed by atoms with Gasteiger partial charge in [-0.1, -0.05) is 17.7 Å². The molecule has 0 aliphatic heterocycles. The second-order valence-corrected chi connectivity index (χ2v) is 4.44. The lowest BCUT2D eigenvalue weighted by Crippen LogP contribution is -2.06. The van der Waals surface area contributed by atoms with E-state index in [9.17, 15) is 0 Å². The fraction of sp³-hybridized carbons (Fsp3) is 0.333. The Balaban J connectivity index is 2.39. The van der Waals surface area contributed by atoms with E-state index in [1.165, 1.54) is 0 Å². The third-order valence-corrected chi connectivity index (χ3v) is 2.97. The molecule has 0 atom stereocenters. The van der Waals surface area contributed by atoms with E-state index in [2.05, 4.69) is 16.1 Å². The largest absolute Gasteiger partial charge is 0.330 e. The van der Waals surface area contributed by atoms with Crippen molar-refractivity contribution in [1.82, 2.24) is 14.8 Å². The van der Waals surface area contributed by atoms with Crippen LogP contribution in [0.15, 0.2) is 18.5 Å². The molecule has 0 saturated carbocycles. The van der Waals surface area contributed by atoms with Crippen molar-refractivity contribution in [1.29, 1.82) is 0 Å². The van der Waals surface area contributed by atoms with Gasteiger partial charge in [-0.25, -0.2) is 9.67 Å². The Labute approximate surface area is 105 Å². The normalized spacial score (nSPS) is 10.8. The van der Waals surface area contributed by atoms with Crippen LogP contribution in [0.1, 0.15) is 16.8 Å². The average molecular weight is 251 g/mol. The SMILES string of the molecule is Cc1cc(CCN)cnc1-n1cc(Cl)c(C)n1. The van der Waals surface area contributed by atoms with Gasteiger partial charge in [-0.2, -0.15) is 5.10 Å². The van der Waals surface area contributed by atoms with Crippen molar-refractivity contribution in [2.24, 2.45) is 5.73 Å². The van der Waals surface area contributed by atoms with Gasteiger partial charge < -0.3 is 5.73 Å². The first-order chi connectivity index (χ1) is 8.11. The molecule has 2 aromatic heterocycles. The lowest BCUT2D eigenvalue weighted by Gasteiger charge is -2.06. The zero-order valence-corrected chi connectivity index (χ0v) is 10.7. The van der Waals surface area contributed by atoms with Gasteiger partial charge in [0.1, 0.15) is 0 Å². The summed E-state index contributed by atoms with van der Waals surface area (Å²) >= 11 is 5.98. The van der Waals surface area contributed by atoms with Crippen molar-refractivity contribution in [3.8, 4) is 5.82 Å². The van der Waals surface area contributed by atoms with Crippen molar-refractivity contribution in [3.05, 3.63) is 40.3 Å². The molecule has 5 heteroatoms. The van der Waals surface area contributed by atoms with Crippen LogP contribution in [0.25, 0.3) is 5.82 Å². The molecule has 2 heterocycles. The lowest BCUT2D eigenvalue weighted by atomic mass is 10.1. The Morgan fingerprint density at radius 2 is 2.18 bits per heavy atom. The van der Waals surface area contributed by atoms with E-state index in [1.807, 2.05) is 20.0 Å². The number of nitrogens with zero attached hydrogens (tertiary/aromatic N) is 3. The van der Waals surface area contributed by atoms with Crippen molar-refractivity contribution in [2.75, 3.05) is 6.54 Å². The summed E-state index contributed by atoms with van der Waals surface area (Å²) in [6, 6.07) is 2.08. The number of hydrogen-bond donors (Lipinski definition) is 1. The molecular formula is C12H15ClN4. The second-order valence-electron chi connectivity index (χ2n) is 4.03. The minimum absolute atomic E-state index is 0.632. The highest BCUT2D eigenvalue weighted by atomic mass is 35.5. The molecule has 0 aliphatic rings. The highest BCUT2D eigenvalue weighted by Gasteiger charge is 2.08. The number of hydrogen-bond acceptors (Lipinski definition) is 3. The van der Waals surface area contributed by atoms with Gasteiger partial charge in [0.15, 0.2) is 5.82 Å².